The van der Waals surface area contributed by atoms with Crippen molar-refractivity contribution < 1.29 is 14.7 Å². The van der Waals surface area contributed by atoms with Crippen molar-refractivity contribution in [1.82, 2.24) is 9.80 Å². The third-order valence-electron chi connectivity index (χ3n) is 3.74. The Hall–Kier alpha value is -1.26. The Kier molecular flexibility index (Phi) is 3.54. The van der Waals surface area contributed by atoms with Gasteiger partial charge in [-0.15, -0.1) is 0 Å². The quantitative estimate of drug-likeness (QED) is 0.750. The lowest BCUT2D eigenvalue weighted by Gasteiger charge is -2.33. The molecule has 2 aliphatic heterocycles. The van der Waals surface area contributed by atoms with Crippen molar-refractivity contribution in [3.63, 3.8) is 0 Å². The Bertz CT molecular complexity index is 319. The number of hydrogen-bond donors (Lipinski definition) is 1. The highest BCUT2D eigenvalue weighted by Gasteiger charge is 2.32. The summed E-state index contributed by atoms with van der Waals surface area (Å²) in [5.41, 5.74) is 0. The Labute approximate surface area is 101 Å². The number of carbonyl (C=O) groups excluding carboxylic acids is 1. The summed E-state index contributed by atoms with van der Waals surface area (Å²) in [5.74, 6) is -0.593. The first-order chi connectivity index (χ1) is 8.08. The fourth-order valence-electron chi connectivity index (χ4n) is 2.66. The predicted octanol–water partition coefficient (Wildman–Crippen LogP) is 1.24. The largest absolute Gasteiger partial charge is 0.481 e. The van der Waals surface area contributed by atoms with Gasteiger partial charge in [-0.05, 0) is 25.2 Å². The van der Waals surface area contributed by atoms with Gasteiger partial charge < -0.3 is 14.9 Å². The van der Waals surface area contributed by atoms with Gasteiger partial charge in [0.05, 0.1) is 5.92 Å². The van der Waals surface area contributed by atoms with E-state index in [1.165, 1.54) is 0 Å². The molecule has 0 saturated carbocycles. The number of carbonyl (C=O) groups is 2. The van der Waals surface area contributed by atoms with Gasteiger partial charge in [0.15, 0.2) is 0 Å². The minimum absolute atomic E-state index is 0.0281. The van der Waals surface area contributed by atoms with Crippen LogP contribution in [0.1, 0.15) is 26.2 Å². The van der Waals surface area contributed by atoms with Gasteiger partial charge in [-0.2, -0.15) is 0 Å². The number of aliphatic carboxylic acids is 1. The first-order valence-electron chi connectivity index (χ1n) is 6.34. The van der Waals surface area contributed by atoms with E-state index in [-0.39, 0.29) is 11.9 Å². The second-order valence-corrected chi connectivity index (χ2v) is 5.25. The predicted molar refractivity (Wildman–Crippen MR) is 62.7 cm³/mol. The molecule has 0 aliphatic carbocycles. The molecule has 0 spiro atoms. The van der Waals surface area contributed by atoms with Crippen LogP contribution in [0.25, 0.3) is 0 Å². The van der Waals surface area contributed by atoms with E-state index in [9.17, 15) is 9.59 Å². The molecule has 5 nitrogen and oxygen atoms in total. The second kappa shape index (κ2) is 4.94. The fourth-order valence-corrected chi connectivity index (χ4v) is 2.66. The molecule has 2 heterocycles. The molecule has 0 aromatic rings. The van der Waals surface area contributed by atoms with E-state index in [2.05, 4.69) is 6.92 Å². The maximum atomic E-state index is 12.2. The van der Waals surface area contributed by atoms with Gasteiger partial charge >= 0.3 is 12.0 Å². The van der Waals surface area contributed by atoms with Crippen LogP contribution in [-0.4, -0.2) is 53.1 Å². The zero-order valence-electron chi connectivity index (χ0n) is 10.3. The van der Waals surface area contributed by atoms with E-state index >= 15 is 0 Å². The van der Waals surface area contributed by atoms with Gasteiger partial charge in [-0.25, -0.2) is 4.79 Å². The van der Waals surface area contributed by atoms with E-state index in [0.29, 0.717) is 25.4 Å². The van der Waals surface area contributed by atoms with Crippen LogP contribution in [0.5, 0.6) is 0 Å². The summed E-state index contributed by atoms with van der Waals surface area (Å²) in [6.07, 6.45) is 2.55. The van der Waals surface area contributed by atoms with E-state index in [1.54, 1.807) is 4.90 Å². The average Bonchev–Trinajstić information content (AvgIpc) is 2.75. The molecule has 5 heteroatoms. The van der Waals surface area contributed by atoms with Crippen molar-refractivity contribution in [2.24, 2.45) is 11.8 Å². The number of likely N-dealkylation sites (tertiary alicyclic amines) is 2. The molecule has 0 aromatic carbocycles. The summed E-state index contributed by atoms with van der Waals surface area (Å²) in [7, 11) is 0. The summed E-state index contributed by atoms with van der Waals surface area (Å²) in [4.78, 5) is 26.7. The van der Waals surface area contributed by atoms with Crippen LogP contribution in [0.2, 0.25) is 0 Å². The number of carboxylic acids is 1. The van der Waals surface area contributed by atoms with Gasteiger partial charge in [-0.1, -0.05) is 6.92 Å². The number of hydrogen-bond acceptors (Lipinski definition) is 2. The monoisotopic (exact) mass is 240 g/mol. The molecule has 0 aromatic heterocycles. The van der Waals surface area contributed by atoms with Gasteiger partial charge in [0.25, 0.3) is 0 Å². The normalized spacial score (nSPS) is 29.5. The topological polar surface area (TPSA) is 60.9 Å². The standard InChI is InChI=1S/C12H20N2O3/c1-9-4-6-14(7-9)12(17)13-5-2-3-10(8-13)11(15)16/h9-10H,2-8H2,1H3,(H,15,16). The molecule has 2 aliphatic rings. The average molecular weight is 240 g/mol. The number of urea groups is 1. The SMILES string of the molecule is CC1CCN(C(=O)N2CCCC(C(=O)O)C2)C1. The summed E-state index contributed by atoms with van der Waals surface area (Å²) >= 11 is 0. The number of rotatable bonds is 1. The van der Waals surface area contributed by atoms with E-state index in [1.807, 2.05) is 4.90 Å². The van der Waals surface area contributed by atoms with Crippen LogP contribution in [0.4, 0.5) is 4.79 Å². The minimum atomic E-state index is -0.780. The molecule has 1 N–H and O–H groups in total. The Morgan fingerprint density at radius 1 is 1.12 bits per heavy atom. The summed E-state index contributed by atoms with van der Waals surface area (Å²) in [5, 5.41) is 8.99. The molecule has 17 heavy (non-hydrogen) atoms. The molecule has 2 atom stereocenters. The highest BCUT2D eigenvalue weighted by atomic mass is 16.4. The van der Waals surface area contributed by atoms with Gasteiger partial charge in [0.2, 0.25) is 0 Å². The lowest BCUT2D eigenvalue weighted by Crippen LogP contribution is -2.48. The summed E-state index contributed by atoms with van der Waals surface area (Å²) in [6.45, 7) is 4.84. The Balaban J connectivity index is 1.93. The maximum Gasteiger partial charge on any atom is 0.320 e. The number of nitrogens with zero attached hydrogens (tertiary/aromatic N) is 2. The third-order valence-corrected chi connectivity index (χ3v) is 3.74. The zero-order chi connectivity index (χ0) is 12.4. The van der Waals surface area contributed by atoms with Crippen LogP contribution in [-0.2, 0) is 4.79 Å². The fraction of sp³-hybridized carbons (Fsp3) is 0.833. The highest BCUT2D eigenvalue weighted by molar-refractivity contribution is 5.77. The van der Waals surface area contributed by atoms with Crippen molar-refractivity contribution in [1.29, 1.82) is 0 Å². The van der Waals surface area contributed by atoms with Crippen LogP contribution < -0.4 is 0 Å². The number of carboxylic acid groups (broad SMARTS) is 1. The Morgan fingerprint density at radius 2 is 1.82 bits per heavy atom. The van der Waals surface area contributed by atoms with E-state index in [4.69, 9.17) is 5.11 Å². The lowest BCUT2D eigenvalue weighted by atomic mass is 9.99. The molecule has 2 rings (SSSR count). The van der Waals surface area contributed by atoms with E-state index in [0.717, 1.165) is 25.9 Å². The minimum Gasteiger partial charge on any atom is -0.481 e. The molecule has 2 unspecified atom stereocenters. The van der Waals surface area contributed by atoms with Crippen LogP contribution >= 0.6 is 0 Å². The molecule has 96 valence electrons. The lowest BCUT2D eigenvalue weighted by molar-refractivity contribution is -0.143. The van der Waals surface area contributed by atoms with Crippen molar-refractivity contribution in [3.8, 4) is 0 Å². The van der Waals surface area contributed by atoms with Crippen molar-refractivity contribution in [3.05, 3.63) is 0 Å². The second-order valence-electron chi connectivity index (χ2n) is 5.25. The number of piperidine rings is 1. The molecule has 0 radical (unpaired) electrons. The van der Waals surface area contributed by atoms with Crippen molar-refractivity contribution in [2.45, 2.75) is 26.2 Å². The van der Waals surface area contributed by atoms with Gasteiger partial charge in [0.1, 0.15) is 0 Å². The summed E-state index contributed by atoms with van der Waals surface area (Å²) < 4.78 is 0. The third kappa shape index (κ3) is 2.70. The zero-order valence-corrected chi connectivity index (χ0v) is 10.3. The van der Waals surface area contributed by atoms with Crippen LogP contribution in [0.3, 0.4) is 0 Å². The molecule has 2 saturated heterocycles. The summed E-state index contributed by atoms with van der Waals surface area (Å²) in [6, 6.07) is 0.0281. The maximum absolute atomic E-state index is 12.2. The van der Waals surface area contributed by atoms with Gasteiger partial charge in [-0.3, -0.25) is 4.79 Å². The number of amides is 2. The van der Waals surface area contributed by atoms with Crippen LogP contribution in [0.15, 0.2) is 0 Å². The molecular formula is C12H20N2O3. The smallest absolute Gasteiger partial charge is 0.320 e. The van der Waals surface area contributed by atoms with Gasteiger partial charge in [0, 0.05) is 26.2 Å². The molecule has 0 bridgehead atoms. The van der Waals surface area contributed by atoms with Crippen LogP contribution in [0, 0.1) is 11.8 Å². The van der Waals surface area contributed by atoms with Crippen molar-refractivity contribution in [2.75, 3.05) is 26.2 Å². The van der Waals surface area contributed by atoms with Crippen molar-refractivity contribution >= 4 is 12.0 Å². The molecule has 2 amide bonds. The Morgan fingerprint density at radius 3 is 2.41 bits per heavy atom. The van der Waals surface area contributed by atoms with E-state index < -0.39 is 5.97 Å². The first kappa shape index (κ1) is 12.2. The highest BCUT2D eigenvalue weighted by Crippen LogP contribution is 2.21. The molecule has 2 fully saturated rings. The first-order valence-corrected chi connectivity index (χ1v) is 6.34. The molecular weight excluding hydrogens is 220 g/mol.